The van der Waals surface area contributed by atoms with Crippen molar-refractivity contribution in [3.63, 3.8) is 0 Å². The zero-order valence-electron chi connectivity index (χ0n) is 17.8. The van der Waals surface area contributed by atoms with E-state index in [9.17, 15) is 0 Å². The van der Waals surface area contributed by atoms with Crippen LogP contribution in [0.4, 0.5) is 0 Å². The number of ether oxygens (including phenoxy) is 4. The van der Waals surface area contributed by atoms with Crippen molar-refractivity contribution in [2.24, 2.45) is 4.99 Å². The highest BCUT2D eigenvalue weighted by Gasteiger charge is 2.22. The predicted octanol–water partition coefficient (Wildman–Crippen LogP) is 2.83. The molecule has 29 heavy (non-hydrogen) atoms. The lowest BCUT2D eigenvalue weighted by Crippen LogP contribution is -2.47. The van der Waals surface area contributed by atoms with Gasteiger partial charge in [0.2, 0.25) is 0 Å². The molecule has 0 saturated carbocycles. The van der Waals surface area contributed by atoms with Crippen LogP contribution in [0.1, 0.15) is 38.2 Å². The van der Waals surface area contributed by atoms with Gasteiger partial charge >= 0.3 is 0 Å². The Morgan fingerprint density at radius 2 is 2.03 bits per heavy atom. The third kappa shape index (κ3) is 6.51. The number of guanidine groups is 1. The summed E-state index contributed by atoms with van der Waals surface area (Å²) in [6.07, 6.45) is 4.24. The Morgan fingerprint density at radius 1 is 1.21 bits per heavy atom. The average molecular weight is 406 g/mol. The highest BCUT2D eigenvalue weighted by atomic mass is 16.5. The number of hydrogen-bond acceptors (Lipinski definition) is 5. The maximum absolute atomic E-state index is 5.98. The molecule has 2 aliphatic heterocycles. The van der Waals surface area contributed by atoms with Crippen LogP contribution in [-0.4, -0.2) is 70.1 Å². The van der Waals surface area contributed by atoms with Crippen LogP contribution < -0.4 is 14.8 Å². The minimum Gasteiger partial charge on any atom is -0.490 e. The number of hydrogen-bond donors (Lipinski definition) is 1. The first-order valence-electron chi connectivity index (χ1n) is 10.8. The lowest BCUT2D eigenvalue weighted by molar-refractivity contribution is 0.00990. The van der Waals surface area contributed by atoms with E-state index in [2.05, 4.69) is 23.2 Å². The number of nitrogens with zero attached hydrogens (tertiary/aromatic N) is 2. The maximum atomic E-state index is 5.98. The Morgan fingerprint density at radius 3 is 2.83 bits per heavy atom. The number of nitrogens with one attached hydrogen (secondary N) is 1. The van der Waals surface area contributed by atoms with Gasteiger partial charge in [-0.1, -0.05) is 12.1 Å². The van der Waals surface area contributed by atoms with Crippen molar-refractivity contribution in [1.29, 1.82) is 0 Å². The van der Waals surface area contributed by atoms with Gasteiger partial charge in [0.05, 0.1) is 25.9 Å². The Kier molecular flexibility index (Phi) is 8.89. The second-order valence-corrected chi connectivity index (χ2v) is 7.37. The number of piperidine rings is 1. The fraction of sp³-hybridized carbons (Fsp3) is 0.682. The summed E-state index contributed by atoms with van der Waals surface area (Å²) < 4.78 is 22.8. The fourth-order valence-corrected chi connectivity index (χ4v) is 3.65. The summed E-state index contributed by atoms with van der Waals surface area (Å²) in [6, 6.07) is 6.05. The zero-order chi connectivity index (χ0) is 20.3. The number of aliphatic imine (C=N–C) groups is 1. The van der Waals surface area contributed by atoms with Gasteiger partial charge in [0, 0.05) is 51.9 Å². The number of rotatable bonds is 8. The Labute approximate surface area is 174 Å². The molecule has 0 unspecified atom stereocenters. The standard InChI is InChI=1S/C22H35N3O4/c1-3-23-22(25-11-9-19(10-12-25)27-14-5-13-26-2)24-17-18-7-4-8-20-21(18)29-16-6-15-28-20/h4,7-8,19H,3,5-6,9-17H2,1-2H3,(H,23,24). The molecular formula is C22H35N3O4. The molecule has 2 heterocycles. The van der Waals surface area contributed by atoms with Crippen molar-refractivity contribution in [1.82, 2.24) is 10.2 Å². The first-order chi connectivity index (χ1) is 14.3. The fourth-order valence-electron chi connectivity index (χ4n) is 3.65. The summed E-state index contributed by atoms with van der Waals surface area (Å²) in [4.78, 5) is 7.23. The largest absolute Gasteiger partial charge is 0.490 e. The minimum atomic E-state index is 0.335. The van der Waals surface area contributed by atoms with Crippen LogP contribution in [-0.2, 0) is 16.0 Å². The summed E-state index contributed by atoms with van der Waals surface area (Å²) in [5.41, 5.74) is 1.07. The van der Waals surface area contributed by atoms with Crippen molar-refractivity contribution < 1.29 is 18.9 Å². The summed E-state index contributed by atoms with van der Waals surface area (Å²) in [5, 5.41) is 3.44. The monoisotopic (exact) mass is 405 g/mol. The van der Waals surface area contributed by atoms with Crippen LogP contribution >= 0.6 is 0 Å². The lowest BCUT2D eigenvalue weighted by Gasteiger charge is -2.34. The number of para-hydroxylation sites is 1. The van der Waals surface area contributed by atoms with Crippen LogP contribution in [0.15, 0.2) is 23.2 Å². The van der Waals surface area contributed by atoms with Crippen molar-refractivity contribution in [2.45, 2.75) is 45.3 Å². The molecule has 1 aromatic carbocycles. The van der Waals surface area contributed by atoms with E-state index in [0.29, 0.717) is 25.9 Å². The molecule has 1 aromatic rings. The normalized spacial score (nSPS) is 17.9. The van der Waals surface area contributed by atoms with Crippen molar-refractivity contribution >= 4 is 5.96 Å². The quantitative estimate of drug-likeness (QED) is 0.408. The highest BCUT2D eigenvalue weighted by molar-refractivity contribution is 5.80. The van der Waals surface area contributed by atoms with E-state index in [1.807, 2.05) is 12.1 Å². The molecule has 1 saturated heterocycles. The van der Waals surface area contributed by atoms with Crippen molar-refractivity contribution in [3.05, 3.63) is 23.8 Å². The summed E-state index contributed by atoms with van der Waals surface area (Å²) in [5.74, 6) is 2.62. The molecule has 7 heteroatoms. The molecule has 0 spiro atoms. The van der Waals surface area contributed by atoms with Gasteiger partial charge in [-0.25, -0.2) is 4.99 Å². The second-order valence-electron chi connectivity index (χ2n) is 7.37. The summed E-state index contributed by atoms with van der Waals surface area (Å²) >= 11 is 0. The van der Waals surface area contributed by atoms with Gasteiger partial charge in [-0.3, -0.25) is 0 Å². The Bertz CT molecular complexity index is 645. The molecule has 0 radical (unpaired) electrons. The van der Waals surface area contributed by atoms with E-state index in [0.717, 1.165) is 81.6 Å². The molecule has 7 nitrogen and oxygen atoms in total. The van der Waals surface area contributed by atoms with Gasteiger partial charge < -0.3 is 29.2 Å². The van der Waals surface area contributed by atoms with E-state index in [1.165, 1.54) is 0 Å². The molecule has 0 bridgehead atoms. The SMILES string of the molecule is CCNC(=NCc1cccc2c1OCCCO2)N1CCC(OCCCOC)CC1. The molecule has 162 valence electrons. The van der Waals surface area contributed by atoms with E-state index in [4.69, 9.17) is 23.9 Å². The lowest BCUT2D eigenvalue weighted by atomic mass is 10.1. The van der Waals surface area contributed by atoms with E-state index in [-0.39, 0.29) is 0 Å². The van der Waals surface area contributed by atoms with Gasteiger partial charge in [0.15, 0.2) is 17.5 Å². The van der Waals surface area contributed by atoms with Crippen molar-refractivity contribution in [3.8, 4) is 11.5 Å². The maximum Gasteiger partial charge on any atom is 0.194 e. The van der Waals surface area contributed by atoms with Crippen LogP contribution in [0.2, 0.25) is 0 Å². The molecule has 1 N–H and O–H groups in total. The average Bonchev–Trinajstić information content (AvgIpc) is 3.01. The van der Waals surface area contributed by atoms with E-state index in [1.54, 1.807) is 7.11 Å². The van der Waals surface area contributed by atoms with Gasteiger partial charge in [0.1, 0.15) is 0 Å². The molecule has 0 aliphatic carbocycles. The highest BCUT2D eigenvalue weighted by Crippen LogP contribution is 2.33. The molecule has 0 aromatic heterocycles. The molecular weight excluding hydrogens is 370 g/mol. The molecule has 0 atom stereocenters. The van der Waals surface area contributed by atoms with Crippen LogP contribution in [0.5, 0.6) is 11.5 Å². The third-order valence-corrected chi connectivity index (χ3v) is 5.18. The second kappa shape index (κ2) is 11.9. The molecule has 2 aliphatic rings. The topological polar surface area (TPSA) is 64.6 Å². The Hall–Kier alpha value is -1.99. The van der Waals surface area contributed by atoms with Crippen LogP contribution in [0, 0.1) is 0 Å². The first-order valence-corrected chi connectivity index (χ1v) is 10.8. The minimum absolute atomic E-state index is 0.335. The Balaban J connectivity index is 1.57. The predicted molar refractivity (Wildman–Crippen MR) is 114 cm³/mol. The zero-order valence-corrected chi connectivity index (χ0v) is 17.8. The number of likely N-dealkylation sites (tertiary alicyclic amines) is 1. The summed E-state index contributed by atoms with van der Waals surface area (Å²) in [6.45, 7) is 8.34. The number of fused-ring (bicyclic) bond motifs is 1. The smallest absolute Gasteiger partial charge is 0.194 e. The van der Waals surface area contributed by atoms with E-state index < -0.39 is 0 Å². The molecule has 3 rings (SSSR count). The summed E-state index contributed by atoms with van der Waals surface area (Å²) in [7, 11) is 1.73. The van der Waals surface area contributed by atoms with Gasteiger partial charge in [-0.15, -0.1) is 0 Å². The van der Waals surface area contributed by atoms with Gasteiger partial charge in [-0.2, -0.15) is 0 Å². The van der Waals surface area contributed by atoms with Gasteiger partial charge in [-0.05, 0) is 32.3 Å². The van der Waals surface area contributed by atoms with Crippen molar-refractivity contribution in [2.75, 3.05) is 53.2 Å². The first kappa shape index (κ1) is 21.7. The molecule has 1 fully saturated rings. The van der Waals surface area contributed by atoms with Gasteiger partial charge in [0.25, 0.3) is 0 Å². The van der Waals surface area contributed by atoms with Crippen LogP contribution in [0.3, 0.4) is 0 Å². The van der Waals surface area contributed by atoms with Crippen LogP contribution in [0.25, 0.3) is 0 Å². The number of benzene rings is 1. The van der Waals surface area contributed by atoms with E-state index >= 15 is 0 Å². The molecule has 0 amide bonds. The third-order valence-electron chi connectivity index (χ3n) is 5.18. The number of methoxy groups -OCH3 is 1.